The topological polar surface area (TPSA) is 102 Å². The van der Waals surface area contributed by atoms with Gasteiger partial charge in [-0.15, -0.1) is 0 Å². The summed E-state index contributed by atoms with van der Waals surface area (Å²) in [5.74, 6) is -1.29. The molecule has 0 fully saturated rings. The van der Waals surface area contributed by atoms with Crippen LogP contribution < -0.4 is 10.2 Å². The molecular weight excluding hydrogens is 362 g/mol. The molecule has 0 aromatic heterocycles. The molecule has 1 N–H and O–H groups in total. The average Bonchev–Trinajstić information content (AvgIpc) is 2.63. The van der Waals surface area contributed by atoms with Crippen LogP contribution in [0, 0.1) is 24.0 Å². The predicted octanol–water partition coefficient (Wildman–Crippen LogP) is 3.46. The van der Waals surface area contributed by atoms with Crippen LogP contribution >= 0.6 is 0 Å². The van der Waals surface area contributed by atoms with Gasteiger partial charge in [0.2, 0.25) is 0 Å². The molecule has 1 atom stereocenters. The first-order chi connectivity index (χ1) is 13.1. The number of esters is 1. The van der Waals surface area contributed by atoms with Crippen LogP contribution in [0.2, 0.25) is 0 Å². The van der Waals surface area contributed by atoms with Crippen molar-refractivity contribution < 1.29 is 19.2 Å². The number of nitrogens with zero attached hydrogens (tertiary/aromatic N) is 2. The number of hydrogen-bond acceptors (Lipinski definition) is 6. The molecule has 8 nitrogen and oxygen atoms in total. The SMILES string of the molecule is Cc1cccc(C)c1NC(=O)[C@H](C)OC(=O)c1ccc(N(C)C)c([N+](=O)[O-])c1. The molecule has 0 aliphatic rings. The van der Waals surface area contributed by atoms with E-state index >= 15 is 0 Å². The van der Waals surface area contributed by atoms with Crippen LogP contribution in [0.15, 0.2) is 36.4 Å². The summed E-state index contributed by atoms with van der Waals surface area (Å²) in [6.07, 6.45) is -1.07. The second kappa shape index (κ2) is 8.51. The number of nitro benzene ring substituents is 1. The van der Waals surface area contributed by atoms with E-state index in [0.717, 1.165) is 17.2 Å². The summed E-state index contributed by atoms with van der Waals surface area (Å²) in [6, 6.07) is 9.66. The van der Waals surface area contributed by atoms with Crippen molar-refractivity contribution >= 4 is 28.9 Å². The summed E-state index contributed by atoms with van der Waals surface area (Å²) in [7, 11) is 3.33. The van der Waals surface area contributed by atoms with E-state index in [-0.39, 0.29) is 11.3 Å². The van der Waals surface area contributed by atoms with Gasteiger partial charge in [-0.2, -0.15) is 0 Å². The van der Waals surface area contributed by atoms with Gasteiger partial charge in [-0.05, 0) is 44.0 Å². The maximum atomic E-state index is 12.4. The lowest BCUT2D eigenvalue weighted by atomic mass is 10.1. The lowest BCUT2D eigenvalue weighted by molar-refractivity contribution is -0.384. The number of amides is 1. The third-order valence-electron chi connectivity index (χ3n) is 4.27. The van der Waals surface area contributed by atoms with Crippen molar-refractivity contribution in [1.82, 2.24) is 0 Å². The van der Waals surface area contributed by atoms with Crippen LogP contribution in [-0.4, -0.2) is 37.0 Å². The molecule has 0 aliphatic heterocycles. The fourth-order valence-electron chi connectivity index (χ4n) is 2.69. The standard InChI is InChI=1S/C20H23N3O5/c1-12-7-6-8-13(2)18(12)21-19(24)14(3)28-20(25)15-9-10-16(22(4)5)17(11-15)23(26)27/h6-11,14H,1-5H3,(H,21,24)/t14-/m0/s1. The monoisotopic (exact) mass is 385 g/mol. The molecule has 0 bridgehead atoms. The third kappa shape index (κ3) is 4.64. The van der Waals surface area contributed by atoms with E-state index in [2.05, 4.69) is 5.32 Å². The quantitative estimate of drug-likeness (QED) is 0.464. The molecule has 28 heavy (non-hydrogen) atoms. The Hall–Kier alpha value is -3.42. The summed E-state index contributed by atoms with van der Waals surface area (Å²) < 4.78 is 5.20. The van der Waals surface area contributed by atoms with E-state index in [9.17, 15) is 19.7 Å². The molecule has 0 aliphatic carbocycles. The van der Waals surface area contributed by atoms with Crippen molar-refractivity contribution in [1.29, 1.82) is 0 Å². The lowest BCUT2D eigenvalue weighted by Gasteiger charge is -2.17. The Morgan fingerprint density at radius 3 is 2.29 bits per heavy atom. The number of nitro groups is 1. The summed E-state index contributed by atoms with van der Waals surface area (Å²) in [4.78, 5) is 37.0. The van der Waals surface area contributed by atoms with Crippen LogP contribution in [-0.2, 0) is 9.53 Å². The van der Waals surface area contributed by atoms with Gasteiger partial charge in [0.1, 0.15) is 5.69 Å². The number of carbonyl (C=O) groups is 2. The molecule has 8 heteroatoms. The first-order valence-corrected chi connectivity index (χ1v) is 8.65. The van der Waals surface area contributed by atoms with Crippen LogP contribution in [0.25, 0.3) is 0 Å². The van der Waals surface area contributed by atoms with Crippen molar-refractivity contribution in [2.75, 3.05) is 24.3 Å². The molecule has 2 aromatic carbocycles. The number of benzene rings is 2. The Morgan fingerprint density at radius 1 is 1.14 bits per heavy atom. The molecule has 0 heterocycles. The number of hydrogen-bond donors (Lipinski definition) is 1. The van der Waals surface area contributed by atoms with Gasteiger partial charge in [-0.25, -0.2) is 4.79 Å². The molecule has 1 amide bonds. The minimum atomic E-state index is -1.07. The molecule has 0 unspecified atom stereocenters. The summed E-state index contributed by atoms with van der Waals surface area (Å²) in [5, 5.41) is 14.0. The zero-order valence-electron chi connectivity index (χ0n) is 16.5. The first-order valence-electron chi connectivity index (χ1n) is 8.65. The molecule has 0 saturated heterocycles. The number of carbonyl (C=O) groups excluding carboxylic acids is 2. The Morgan fingerprint density at radius 2 is 1.75 bits per heavy atom. The van der Waals surface area contributed by atoms with Gasteiger partial charge < -0.3 is 15.0 Å². The highest BCUT2D eigenvalue weighted by Gasteiger charge is 2.23. The smallest absolute Gasteiger partial charge is 0.339 e. The summed E-state index contributed by atoms with van der Waals surface area (Å²) >= 11 is 0. The minimum absolute atomic E-state index is 0.00372. The highest BCUT2D eigenvalue weighted by molar-refractivity contribution is 5.98. The highest BCUT2D eigenvalue weighted by atomic mass is 16.6. The van der Waals surface area contributed by atoms with Gasteiger partial charge >= 0.3 is 5.97 Å². The normalized spacial score (nSPS) is 11.5. The summed E-state index contributed by atoms with van der Waals surface area (Å²) in [5.41, 5.74) is 2.60. The molecule has 0 spiro atoms. The zero-order chi connectivity index (χ0) is 21.0. The van der Waals surface area contributed by atoms with Gasteiger partial charge in [0.15, 0.2) is 6.10 Å². The number of ether oxygens (including phenoxy) is 1. The van der Waals surface area contributed by atoms with Gasteiger partial charge in [-0.3, -0.25) is 14.9 Å². The van der Waals surface area contributed by atoms with Gasteiger partial charge in [0.25, 0.3) is 11.6 Å². The van der Waals surface area contributed by atoms with Crippen molar-refractivity contribution in [3.8, 4) is 0 Å². The molecule has 2 rings (SSSR count). The molecular formula is C20H23N3O5. The number of aryl methyl sites for hydroxylation is 2. The van der Waals surface area contributed by atoms with Crippen LogP contribution in [0.1, 0.15) is 28.4 Å². The third-order valence-corrected chi connectivity index (χ3v) is 4.27. The second-order valence-corrected chi connectivity index (χ2v) is 6.66. The van der Waals surface area contributed by atoms with Crippen LogP contribution in [0.5, 0.6) is 0 Å². The van der Waals surface area contributed by atoms with Gasteiger partial charge in [0, 0.05) is 25.8 Å². The number of rotatable bonds is 6. The summed E-state index contributed by atoms with van der Waals surface area (Å²) in [6.45, 7) is 5.18. The zero-order valence-corrected chi connectivity index (χ0v) is 16.5. The minimum Gasteiger partial charge on any atom is -0.449 e. The first kappa shape index (κ1) is 20.9. The fraction of sp³-hybridized carbons (Fsp3) is 0.300. The van der Waals surface area contributed by atoms with Gasteiger partial charge in [-0.1, -0.05) is 18.2 Å². The van der Waals surface area contributed by atoms with Crippen LogP contribution in [0.3, 0.4) is 0 Å². The maximum Gasteiger partial charge on any atom is 0.339 e. The Kier molecular flexibility index (Phi) is 6.35. The highest BCUT2D eigenvalue weighted by Crippen LogP contribution is 2.28. The van der Waals surface area contributed by atoms with E-state index < -0.39 is 22.9 Å². The largest absolute Gasteiger partial charge is 0.449 e. The predicted molar refractivity (Wildman–Crippen MR) is 107 cm³/mol. The van der Waals surface area contributed by atoms with E-state index in [0.29, 0.717) is 11.4 Å². The number of anilines is 2. The Bertz CT molecular complexity index is 904. The second-order valence-electron chi connectivity index (χ2n) is 6.66. The molecule has 0 radical (unpaired) electrons. The number of para-hydroxylation sites is 1. The average molecular weight is 385 g/mol. The fourth-order valence-corrected chi connectivity index (χ4v) is 2.69. The molecule has 0 saturated carbocycles. The van der Waals surface area contributed by atoms with E-state index in [1.807, 2.05) is 32.0 Å². The van der Waals surface area contributed by atoms with Crippen molar-refractivity contribution in [2.24, 2.45) is 0 Å². The van der Waals surface area contributed by atoms with Crippen LogP contribution in [0.4, 0.5) is 17.1 Å². The van der Waals surface area contributed by atoms with E-state index in [1.54, 1.807) is 19.0 Å². The number of nitrogens with one attached hydrogen (secondary N) is 1. The van der Waals surface area contributed by atoms with Crippen molar-refractivity contribution in [3.05, 3.63) is 63.2 Å². The Balaban J connectivity index is 2.14. The maximum absolute atomic E-state index is 12.4. The van der Waals surface area contributed by atoms with Crippen molar-refractivity contribution in [3.63, 3.8) is 0 Å². The molecule has 2 aromatic rings. The van der Waals surface area contributed by atoms with Gasteiger partial charge in [0.05, 0.1) is 10.5 Å². The lowest BCUT2D eigenvalue weighted by Crippen LogP contribution is -2.30. The van der Waals surface area contributed by atoms with Crippen molar-refractivity contribution in [2.45, 2.75) is 26.9 Å². The Labute approximate surface area is 163 Å². The van der Waals surface area contributed by atoms with E-state index in [4.69, 9.17) is 4.74 Å². The molecule has 148 valence electrons. The van der Waals surface area contributed by atoms with E-state index in [1.165, 1.54) is 19.1 Å².